The molecular weight excluding hydrogens is 210 g/mol. The van der Waals surface area contributed by atoms with Crippen molar-refractivity contribution in [3.63, 3.8) is 0 Å². The van der Waals surface area contributed by atoms with E-state index in [0.29, 0.717) is 18.8 Å². The van der Waals surface area contributed by atoms with Crippen LogP contribution in [0.2, 0.25) is 0 Å². The molecule has 0 bridgehead atoms. The van der Waals surface area contributed by atoms with Crippen molar-refractivity contribution >= 4 is 17.7 Å². The molecule has 0 saturated heterocycles. The number of hydrogen-bond donors (Lipinski definition) is 2. The van der Waals surface area contributed by atoms with Crippen LogP contribution in [-0.4, -0.2) is 26.8 Å². The number of ketones is 1. The second-order valence-corrected chi connectivity index (χ2v) is 3.55. The lowest BCUT2D eigenvalue weighted by molar-refractivity contribution is -0.117. The Balaban J connectivity index is 2.29. The maximum absolute atomic E-state index is 10.7. The number of aromatic nitrogens is 2. The van der Waals surface area contributed by atoms with Gasteiger partial charge in [-0.1, -0.05) is 0 Å². The Bertz CT molecular complexity index is 373. The van der Waals surface area contributed by atoms with Crippen LogP contribution in [0.1, 0.15) is 26.2 Å². The number of aryl methyl sites for hydroxylation is 1. The lowest BCUT2D eigenvalue weighted by atomic mass is 10.2. The van der Waals surface area contributed by atoms with Crippen LogP contribution in [0.15, 0.2) is 12.3 Å². The van der Waals surface area contributed by atoms with E-state index >= 15 is 0 Å². The van der Waals surface area contributed by atoms with E-state index in [4.69, 9.17) is 5.11 Å². The molecule has 0 saturated carbocycles. The molecule has 0 fully saturated rings. The Morgan fingerprint density at radius 3 is 2.88 bits per heavy atom. The number of amides is 1. The van der Waals surface area contributed by atoms with Crippen molar-refractivity contribution in [1.82, 2.24) is 9.78 Å². The van der Waals surface area contributed by atoms with Crippen molar-refractivity contribution in [2.75, 3.05) is 5.32 Å². The van der Waals surface area contributed by atoms with E-state index in [9.17, 15) is 9.59 Å². The molecule has 6 nitrogen and oxygen atoms in total. The fourth-order valence-electron chi connectivity index (χ4n) is 1.31. The number of hydrogen-bond acceptors (Lipinski definition) is 3. The van der Waals surface area contributed by atoms with Crippen LogP contribution in [0, 0.1) is 0 Å². The third-order valence-electron chi connectivity index (χ3n) is 2.04. The second kappa shape index (κ2) is 5.89. The first-order valence-electron chi connectivity index (χ1n) is 5.11. The summed E-state index contributed by atoms with van der Waals surface area (Å²) in [5, 5.41) is 14.6. The molecule has 0 unspecified atom stereocenters. The molecule has 1 heterocycles. The van der Waals surface area contributed by atoms with Gasteiger partial charge in [0.2, 0.25) is 0 Å². The van der Waals surface area contributed by atoms with Gasteiger partial charge in [-0.2, -0.15) is 5.10 Å². The summed E-state index contributed by atoms with van der Waals surface area (Å²) in [5.74, 6) is 0.507. The molecule has 0 radical (unpaired) electrons. The second-order valence-electron chi connectivity index (χ2n) is 3.55. The van der Waals surface area contributed by atoms with Crippen LogP contribution >= 0.6 is 0 Å². The summed E-state index contributed by atoms with van der Waals surface area (Å²) in [6.07, 6.45) is 2.85. The highest BCUT2D eigenvalue weighted by Crippen LogP contribution is 2.04. The average molecular weight is 225 g/mol. The zero-order valence-electron chi connectivity index (χ0n) is 9.14. The number of carbonyl (C=O) groups is 2. The number of Topliss-reactive ketones (excluding diaryl/α,β-unsaturated/α-hetero) is 1. The predicted molar refractivity (Wildman–Crippen MR) is 58.4 cm³/mol. The van der Waals surface area contributed by atoms with Crippen molar-refractivity contribution in [2.24, 2.45) is 0 Å². The SMILES string of the molecule is CC(=O)CCCCn1ccc(NC(=O)O)n1. The molecule has 1 amide bonds. The van der Waals surface area contributed by atoms with Gasteiger partial charge in [-0.25, -0.2) is 4.79 Å². The summed E-state index contributed by atoms with van der Waals surface area (Å²) in [7, 11) is 0. The minimum absolute atomic E-state index is 0.189. The first-order chi connectivity index (χ1) is 7.58. The third-order valence-corrected chi connectivity index (χ3v) is 2.04. The van der Waals surface area contributed by atoms with Gasteiger partial charge in [0.05, 0.1) is 0 Å². The molecule has 0 aromatic carbocycles. The van der Waals surface area contributed by atoms with Crippen LogP contribution in [0.5, 0.6) is 0 Å². The van der Waals surface area contributed by atoms with Crippen molar-refractivity contribution < 1.29 is 14.7 Å². The predicted octanol–water partition coefficient (Wildman–Crippen LogP) is 1.73. The molecule has 0 spiro atoms. The van der Waals surface area contributed by atoms with E-state index in [1.165, 1.54) is 0 Å². The monoisotopic (exact) mass is 225 g/mol. The molecule has 16 heavy (non-hydrogen) atoms. The normalized spacial score (nSPS) is 10.1. The number of anilines is 1. The van der Waals surface area contributed by atoms with Gasteiger partial charge in [-0.15, -0.1) is 0 Å². The number of carbonyl (C=O) groups excluding carboxylic acids is 1. The van der Waals surface area contributed by atoms with E-state index in [1.54, 1.807) is 23.9 Å². The van der Waals surface area contributed by atoms with Crippen LogP contribution in [-0.2, 0) is 11.3 Å². The van der Waals surface area contributed by atoms with Crippen molar-refractivity contribution in [3.8, 4) is 0 Å². The zero-order valence-corrected chi connectivity index (χ0v) is 9.14. The van der Waals surface area contributed by atoms with Gasteiger partial charge in [0.15, 0.2) is 5.82 Å². The fraction of sp³-hybridized carbons (Fsp3) is 0.500. The number of carboxylic acid groups (broad SMARTS) is 1. The molecule has 0 aliphatic rings. The molecular formula is C10H15N3O3. The molecule has 1 aromatic rings. The first-order valence-corrected chi connectivity index (χ1v) is 5.11. The van der Waals surface area contributed by atoms with Gasteiger partial charge in [-0.05, 0) is 19.8 Å². The Morgan fingerprint density at radius 2 is 2.25 bits per heavy atom. The van der Waals surface area contributed by atoms with Gasteiger partial charge in [-0.3, -0.25) is 10.00 Å². The van der Waals surface area contributed by atoms with Gasteiger partial charge < -0.3 is 9.90 Å². The number of rotatable bonds is 6. The lowest BCUT2D eigenvalue weighted by Gasteiger charge is -2.00. The average Bonchev–Trinajstić information content (AvgIpc) is 2.59. The molecule has 1 aromatic heterocycles. The minimum atomic E-state index is -1.12. The van der Waals surface area contributed by atoms with E-state index < -0.39 is 6.09 Å². The lowest BCUT2D eigenvalue weighted by Crippen LogP contribution is -2.08. The van der Waals surface area contributed by atoms with Crippen molar-refractivity contribution in [1.29, 1.82) is 0 Å². The quantitative estimate of drug-likeness (QED) is 0.722. The zero-order chi connectivity index (χ0) is 12.0. The van der Waals surface area contributed by atoms with Gasteiger partial charge in [0.25, 0.3) is 0 Å². The summed E-state index contributed by atoms with van der Waals surface area (Å²) in [6, 6.07) is 1.60. The molecule has 6 heteroatoms. The highest BCUT2D eigenvalue weighted by molar-refractivity contribution is 5.81. The Hall–Kier alpha value is -1.85. The molecule has 0 atom stereocenters. The summed E-state index contributed by atoms with van der Waals surface area (Å²) < 4.78 is 1.66. The van der Waals surface area contributed by atoms with Crippen LogP contribution < -0.4 is 5.32 Å². The first kappa shape index (κ1) is 12.2. The van der Waals surface area contributed by atoms with E-state index in [2.05, 4.69) is 10.4 Å². The summed E-state index contributed by atoms with van der Waals surface area (Å²) in [4.78, 5) is 21.0. The maximum Gasteiger partial charge on any atom is 0.410 e. The molecule has 0 aliphatic carbocycles. The Kier molecular flexibility index (Phi) is 4.50. The third kappa shape index (κ3) is 4.59. The maximum atomic E-state index is 10.7. The summed E-state index contributed by atoms with van der Waals surface area (Å²) in [5.41, 5.74) is 0. The molecule has 88 valence electrons. The van der Waals surface area contributed by atoms with Gasteiger partial charge >= 0.3 is 6.09 Å². The molecule has 0 aliphatic heterocycles. The fourth-order valence-corrected chi connectivity index (χ4v) is 1.31. The van der Waals surface area contributed by atoms with E-state index in [-0.39, 0.29) is 5.78 Å². The molecule has 2 N–H and O–H groups in total. The highest BCUT2D eigenvalue weighted by Gasteiger charge is 2.02. The number of nitrogens with zero attached hydrogens (tertiary/aromatic N) is 2. The Morgan fingerprint density at radius 1 is 1.50 bits per heavy atom. The number of nitrogens with one attached hydrogen (secondary N) is 1. The largest absolute Gasteiger partial charge is 0.465 e. The van der Waals surface area contributed by atoms with Crippen LogP contribution in [0.3, 0.4) is 0 Å². The summed E-state index contributed by atoms with van der Waals surface area (Å²) >= 11 is 0. The highest BCUT2D eigenvalue weighted by atomic mass is 16.4. The smallest absolute Gasteiger partial charge is 0.410 e. The van der Waals surface area contributed by atoms with Crippen LogP contribution in [0.25, 0.3) is 0 Å². The van der Waals surface area contributed by atoms with Crippen molar-refractivity contribution in [3.05, 3.63) is 12.3 Å². The Labute approximate surface area is 93.3 Å². The van der Waals surface area contributed by atoms with E-state index in [0.717, 1.165) is 12.8 Å². The minimum Gasteiger partial charge on any atom is -0.465 e. The molecule has 1 rings (SSSR count). The number of unbranched alkanes of at least 4 members (excludes halogenated alkanes) is 1. The summed E-state index contributed by atoms with van der Waals surface area (Å²) in [6.45, 7) is 2.26. The van der Waals surface area contributed by atoms with Crippen LogP contribution in [0.4, 0.5) is 10.6 Å². The van der Waals surface area contributed by atoms with E-state index in [1.807, 2.05) is 0 Å². The van der Waals surface area contributed by atoms with Gasteiger partial charge in [0.1, 0.15) is 5.78 Å². The van der Waals surface area contributed by atoms with Crippen molar-refractivity contribution in [2.45, 2.75) is 32.7 Å². The van der Waals surface area contributed by atoms with Gasteiger partial charge in [0, 0.05) is 25.2 Å². The standard InChI is InChI=1S/C10H15N3O3/c1-8(14)4-2-3-6-13-7-5-9(12-13)11-10(15)16/h5,7H,2-4,6H2,1H3,(H,11,12)(H,15,16). The topological polar surface area (TPSA) is 84.2 Å².